The SMILES string of the molecule is CCNC(=NCc1cccc(Cn2cncn2)c1)N1CCN(Cc2ccon2)CC1. The highest BCUT2D eigenvalue weighted by molar-refractivity contribution is 5.80. The van der Waals surface area contributed by atoms with E-state index in [0.29, 0.717) is 13.1 Å². The molecular weight excluding hydrogens is 380 g/mol. The van der Waals surface area contributed by atoms with E-state index >= 15 is 0 Å². The van der Waals surface area contributed by atoms with Crippen LogP contribution in [0, 0.1) is 0 Å². The molecule has 9 nitrogen and oxygen atoms in total. The molecule has 9 heteroatoms. The van der Waals surface area contributed by atoms with E-state index in [1.807, 2.05) is 10.7 Å². The minimum absolute atomic E-state index is 0.646. The summed E-state index contributed by atoms with van der Waals surface area (Å²) >= 11 is 0. The van der Waals surface area contributed by atoms with E-state index in [2.05, 4.69) is 61.5 Å². The molecular formula is C21H28N8O. The number of benzene rings is 1. The fourth-order valence-electron chi connectivity index (χ4n) is 3.59. The van der Waals surface area contributed by atoms with Crippen LogP contribution in [0.25, 0.3) is 0 Å². The van der Waals surface area contributed by atoms with Gasteiger partial charge >= 0.3 is 0 Å². The van der Waals surface area contributed by atoms with Crippen molar-refractivity contribution in [2.45, 2.75) is 26.6 Å². The molecule has 2 aromatic heterocycles. The maximum Gasteiger partial charge on any atom is 0.194 e. The molecule has 1 fully saturated rings. The van der Waals surface area contributed by atoms with E-state index in [0.717, 1.165) is 50.9 Å². The average Bonchev–Trinajstić information content (AvgIpc) is 3.47. The second kappa shape index (κ2) is 10.0. The zero-order chi connectivity index (χ0) is 20.6. The third-order valence-electron chi connectivity index (χ3n) is 5.10. The van der Waals surface area contributed by atoms with Crippen molar-refractivity contribution >= 4 is 5.96 Å². The zero-order valence-electron chi connectivity index (χ0n) is 17.3. The quantitative estimate of drug-likeness (QED) is 0.469. The van der Waals surface area contributed by atoms with Crippen LogP contribution >= 0.6 is 0 Å². The van der Waals surface area contributed by atoms with Crippen molar-refractivity contribution < 1.29 is 4.52 Å². The summed E-state index contributed by atoms with van der Waals surface area (Å²) in [4.78, 5) is 13.6. The number of piperazine rings is 1. The van der Waals surface area contributed by atoms with Crippen molar-refractivity contribution in [1.82, 2.24) is 35.0 Å². The Hall–Kier alpha value is -3.20. The molecule has 1 aromatic carbocycles. The average molecular weight is 409 g/mol. The van der Waals surface area contributed by atoms with Gasteiger partial charge < -0.3 is 14.7 Å². The van der Waals surface area contributed by atoms with Crippen molar-refractivity contribution in [3.63, 3.8) is 0 Å². The van der Waals surface area contributed by atoms with E-state index in [1.165, 1.54) is 11.1 Å². The van der Waals surface area contributed by atoms with Gasteiger partial charge in [0.05, 0.1) is 18.8 Å². The third-order valence-corrected chi connectivity index (χ3v) is 5.10. The molecule has 0 saturated carbocycles. The molecule has 3 heterocycles. The molecule has 1 saturated heterocycles. The maximum atomic E-state index is 4.93. The van der Waals surface area contributed by atoms with Crippen LogP contribution in [0.2, 0.25) is 0 Å². The first kappa shape index (κ1) is 20.1. The Labute approximate surface area is 176 Å². The topological polar surface area (TPSA) is 87.6 Å². The third kappa shape index (κ3) is 5.44. The van der Waals surface area contributed by atoms with Gasteiger partial charge in [-0.2, -0.15) is 5.10 Å². The van der Waals surface area contributed by atoms with Gasteiger partial charge in [0.2, 0.25) is 0 Å². The maximum absolute atomic E-state index is 4.93. The number of nitrogens with one attached hydrogen (secondary N) is 1. The molecule has 158 valence electrons. The van der Waals surface area contributed by atoms with E-state index in [9.17, 15) is 0 Å². The number of aromatic nitrogens is 4. The summed E-state index contributed by atoms with van der Waals surface area (Å²) in [5, 5.41) is 11.6. The van der Waals surface area contributed by atoms with Gasteiger partial charge in [0.25, 0.3) is 0 Å². The Kier molecular flexibility index (Phi) is 6.71. The highest BCUT2D eigenvalue weighted by atomic mass is 16.5. The van der Waals surface area contributed by atoms with Crippen molar-refractivity contribution in [3.05, 3.63) is 66.1 Å². The van der Waals surface area contributed by atoms with Crippen molar-refractivity contribution in [1.29, 1.82) is 0 Å². The van der Waals surface area contributed by atoms with E-state index in [4.69, 9.17) is 9.52 Å². The minimum atomic E-state index is 0.646. The number of guanidine groups is 1. The summed E-state index contributed by atoms with van der Waals surface area (Å²) in [5.41, 5.74) is 3.36. The molecule has 0 radical (unpaired) electrons. The van der Waals surface area contributed by atoms with Gasteiger partial charge in [-0.3, -0.25) is 4.90 Å². The molecule has 0 unspecified atom stereocenters. The lowest BCUT2D eigenvalue weighted by Crippen LogP contribution is -2.52. The Morgan fingerprint density at radius 2 is 2.00 bits per heavy atom. The Bertz CT molecular complexity index is 914. The largest absolute Gasteiger partial charge is 0.364 e. The van der Waals surface area contributed by atoms with Crippen LogP contribution in [-0.4, -0.2) is 68.4 Å². The van der Waals surface area contributed by atoms with Gasteiger partial charge in [-0.25, -0.2) is 14.7 Å². The second-order valence-corrected chi connectivity index (χ2v) is 7.34. The monoisotopic (exact) mass is 408 g/mol. The van der Waals surface area contributed by atoms with Gasteiger partial charge in [0.15, 0.2) is 5.96 Å². The number of aliphatic imine (C=N–C) groups is 1. The molecule has 1 aliphatic heterocycles. The molecule has 0 amide bonds. The van der Waals surface area contributed by atoms with Crippen LogP contribution < -0.4 is 5.32 Å². The van der Waals surface area contributed by atoms with Crippen LogP contribution in [0.1, 0.15) is 23.7 Å². The fraction of sp³-hybridized carbons (Fsp3) is 0.429. The zero-order valence-corrected chi connectivity index (χ0v) is 17.3. The van der Waals surface area contributed by atoms with Gasteiger partial charge in [0.1, 0.15) is 18.9 Å². The Morgan fingerprint density at radius 3 is 2.73 bits per heavy atom. The van der Waals surface area contributed by atoms with E-state index in [-0.39, 0.29) is 0 Å². The van der Waals surface area contributed by atoms with Crippen molar-refractivity contribution in [2.75, 3.05) is 32.7 Å². The van der Waals surface area contributed by atoms with E-state index < -0.39 is 0 Å². The molecule has 4 rings (SSSR count). The highest BCUT2D eigenvalue weighted by Crippen LogP contribution is 2.10. The predicted molar refractivity (Wildman–Crippen MR) is 114 cm³/mol. The first-order valence-electron chi connectivity index (χ1n) is 10.4. The van der Waals surface area contributed by atoms with Crippen LogP contribution in [-0.2, 0) is 19.6 Å². The Morgan fingerprint density at radius 1 is 1.13 bits per heavy atom. The second-order valence-electron chi connectivity index (χ2n) is 7.34. The number of nitrogens with zero attached hydrogens (tertiary/aromatic N) is 7. The smallest absolute Gasteiger partial charge is 0.194 e. The number of hydrogen-bond donors (Lipinski definition) is 1. The summed E-state index contributed by atoms with van der Waals surface area (Å²) in [6, 6.07) is 10.4. The van der Waals surface area contributed by atoms with Crippen LogP contribution in [0.3, 0.4) is 0 Å². The molecule has 3 aromatic rings. The standard InChI is InChI=1S/C21H28N8O/c1-2-23-21(28-9-7-27(8-10-28)15-20-6-11-30-26-20)24-13-18-4-3-5-19(12-18)14-29-17-22-16-25-29/h3-6,11-12,16-17H,2,7-10,13-15H2,1H3,(H,23,24). The molecule has 0 spiro atoms. The minimum Gasteiger partial charge on any atom is -0.364 e. The molecule has 0 bridgehead atoms. The summed E-state index contributed by atoms with van der Waals surface area (Å²) < 4.78 is 6.76. The lowest BCUT2D eigenvalue weighted by Gasteiger charge is -2.36. The van der Waals surface area contributed by atoms with Gasteiger partial charge in [-0.1, -0.05) is 29.4 Å². The Balaban J connectivity index is 1.35. The van der Waals surface area contributed by atoms with Crippen LogP contribution in [0.4, 0.5) is 0 Å². The van der Waals surface area contributed by atoms with Gasteiger partial charge in [-0.05, 0) is 18.1 Å². The molecule has 0 atom stereocenters. The van der Waals surface area contributed by atoms with Crippen LogP contribution in [0.5, 0.6) is 0 Å². The molecule has 30 heavy (non-hydrogen) atoms. The summed E-state index contributed by atoms with van der Waals surface area (Å²) in [7, 11) is 0. The first-order valence-corrected chi connectivity index (χ1v) is 10.4. The lowest BCUT2D eigenvalue weighted by molar-refractivity contribution is 0.169. The van der Waals surface area contributed by atoms with Crippen molar-refractivity contribution in [3.8, 4) is 0 Å². The summed E-state index contributed by atoms with van der Waals surface area (Å²) in [6.07, 6.45) is 4.92. The molecule has 1 N–H and O–H groups in total. The first-order chi connectivity index (χ1) is 14.8. The summed E-state index contributed by atoms with van der Waals surface area (Å²) in [5.74, 6) is 0.972. The number of hydrogen-bond acceptors (Lipinski definition) is 6. The predicted octanol–water partition coefficient (Wildman–Crippen LogP) is 1.60. The normalized spacial score (nSPS) is 15.5. The number of rotatable bonds is 7. The highest BCUT2D eigenvalue weighted by Gasteiger charge is 2.20. The van der Waals surface area contributed by atoms with Gasteiger partial charge in [-0.15, -0.1) is 0 Å². The van der Waals surface area contributed by atoms with Crippen molar-refractivity contribution in [2.24, 2.45) is 4.99 Å². The molecule has 0 aliphatic carbocycles. The lowest BCUT2D eigenvalue weighted by atomic mass is 10.1. The van der Waals surface area contributed by atoms with Crippen LogP contribution in [0.15, 0.2) is 58.8 Å². The van der Waals surface area contributed by atoms with E-state index in [1.54, 1.807) is 18.9 Å². The fourth-order valence-corrected chi connectivity index (χ4v) is 3.59. The summed E-state index contributed by atoms with van der Waals surface area (Å²) in [6.45, 7) is 8.98. The van der Waals surface area contributed by atoms with Gasteiger partial charge in [0, 0.05) is 45.3 Å². The molecule has 1 aliphatic rings.